The standard InChI is InChI=1S/C9H10Br2O3/c1-9(2)3-4(9)8(13)14-6(3)5(12)7(10)11/h3-4,6-7H,1-2H3. The van der Waals surface area contributed by atoms with Gasteiger partial charge in [-0.15, -0.1) is 0 Å². The van der Waals surface area contributed by atoms with Crippen LogP contribution in [0.25, 0.3) is 0 Å². The number of carbonyl (C=O) groups excluding carboxylic acids is 2. The molecular formula is C9H10Br2O3. The molecule has 3 atom stereocenters. The van der Waals surface area contributed by atoms with E-state index < -0.39 is 9.84 Å². The smallest absolute Gasteiger partial charge is 0.310 e. The molecule has 1 heterocycles. The predicted octanol–water partition coefficient (Wildman–Crippen LogP) is 1.87. The molecule has 0 bridgehead atoms. The average Bonchev–Trinajstić information content (AvgIpc) is 2.47. The molecule has 0 spiro atoms. The van der Waals surface area contributed by atoms with Gasteiger partial charge >= 0.3 is 5.97 Å². The van der Waals surface area contributed by atoms with E-state index in [1.165, 1.54) is 0 Å². The Morgan fingerprint density at radius 2 is 2.07 bits per heavy atom. The molecule has 0 aromatic carbocycles. The van der Waals surface area contributed by atoms with Gasteiger partial charge in [0.2, 0.25) is 0 Å². The third-order valence-electron chi connectivity index (χ3n) is 3.23. The van der Waals surface area contributed by atoms with E-state index in [-0.39, 0.29) is 29.0 Å². The fourth-order valence-electron chi connectivity index (χ4n) is 2.32. The van der Waals surface area contributed by atoms with Gasteiger partial charge in [-0.25, -0.2) is 0 Å². The summed E-state index contributed by atoms with van der Waals surface area (Å²) < 4.78 is 4.61. The van der Waals surface area contributed by atoms with Crippen LogP contribution in [-0.2, 0) is 14.3 Å². The monoisotopic (exact) mass is 324 g/mol. The first kappa shape index (κ1) is 10.6. The largest absolute Gasteiger partial charge is 0.454 e. The summed E-state index contributed by atoms with van der Waals surface area (Å²) in [5.41, 5.74) is -0.0649. The summed E-state index contributed by atoms with van der Waals surface area (Å²) in [4.78, 5) is 23.0. The minimum Gasteiger partial charge on any atom is -0.454 e. The van der Waals surface area contributed by atoms with Crippen molar-refractivity contribution in [3.8, 4) is 0 Å². The van der Waals surface area contributed by atoms with Crippen molar-refractivity contribution in [3.05, 3.63) is 0 Å². The Hall–Kier alpha value is 0.1000. The number of hydrogen-bond donors (Lipinski definition) is 0. The number of Topliss-reactive ketones (excluding diaryl/α,β-unsaturated/α-hetero) is 1. The zero-order chi connectivity index (χ0) is 10.7. The highest BCUT2D eigenvalue weighted by Crippen LogP contribution is 2.65. The van der Waals surface area contributed by atoms with Gasteiger partial charge in [-0.1, -0.05) is 45.7 Å². The summed E-state index contributed by atoms with van der Waals surface area (Å²) in [6.45, 7) is 4.00. The number of esters is 1. The molecule has 5 heteroatoms. The zero-order valence-corrected chi connectivity index (χ0v) is 11.0. The maximum absolute atomic E-state index is 11.6. The lowest BCUT2D eigenvalue weighted by atomic mass is 10.0. The molecule has 0 aromatic rings. The molecule has 1 saturated carbocycles. The van der Waals surface area contributed by atoms with E-state index in [0.717, 1.165) is 0 Å². The van der Waals surface area contributed by atoms with Crippen molar-refractivity contribution in [1.82, 2.24) is 0 Å². The first-order valence-corrected chi connectivity index (χ1v) is 6.23. The second kappa shape index (κ2) is 3.04. The number of rotatable bonds is 2. The second-order valence-electron chi connectivity index (χ2n) is 4.39. The summed E-state index contributed by atoms with van der Waals surface area (Å²) in [5.74, 6) is -0.328. The van der Waals surface area contributed by atoms with Crippen molar-refractivity contribution in [2.75, 3.05) is 0 Å². The molecule has 3 nitrogen and oxygen atoms in total. The molecule has 3 unspecified atom stereocenters. The number of fused-ring (bicyclic) bond motifs is 1. The Kier molecular flexibility index (Phi) is 2.31. The maximum Gasteiger partial charge on any atom is 0.310 e. The van der Waals surface area contributed by atoms with Crippen LogP contribution in [0.4, 0.5) is 0 Å². The number of cyclic esters (lactones) is 1. The predicted molar refractivity (Wildman–Crippen MR) is 57.3 cm³/mol. The minimum atomic E-state index is -0.564. The Labute approximate surface area is 98.8 Å². The summed E-state index contributed by atoms with van der Waals surface area (Å²) >= 11 is 6.26. The topological polar surface area (TPSA) is 43.4 Å². The number of ketones is 1. The van der Waals surface area contributed by atoms with E-state index in [1.807, 2.05) is 13.8 Å². The van der Waals surface area contributed by atoms with Crippen LogP contribution in [0, 0.1) is 17.3 Å². The van der Waals surface area contributed by atoms with Gasteiger partial charge in [-0.3, -0.25) is 9.59 Å². The summed E-state index contributed by atoms with van der Waals surface area (Å²) in [6.07, 6.45) is -0.564. The maximum atomic E-state index is 11.6. The summed E-state index contributed by atoms with van der Waals surface area (Å²) in [5, 5.41) is 0. The molecule has 0 aromatic heterocycles. The Balaban J connectivity index is 2.18. The van der Waals surface area contributed by atoms with E-state index in [1.54, 1.807) is 0 Å². The van der Waals surface area contributed by atoms with Crippen molar-refractivity contribution in [2.45, 2.75) is 23.7 Å². The van der Waals surface area contributed by atoms with Crippen molar-refractivity contribution in [1.29, 1.82) is 0 Å². The summed E-state index contributed by atoms with van der Waals surface area (Å²) in [7, 11) is 0. The second-order valence-corrected chi connectivity index (χ2v) is 7.45. The Morgan fingerprint density at radius 3 is 2.43 bits per heavy atom. The van der Waals surface area contributed by atoms with Crippen LogP contribution in [0.5, 0.6) is 0 Å². The molecular weight excluding hydrogens is 316 g/mol. The zero-order valence-electron chi connectivity index (χ0n) is 7.79. The van der Waals surface area contributed by atoms with Crippen LogP contribution in [0.3, 0.4) is 0 Å². The first-order chi connectivity index (χ1) is 6.37. The van der Waals surface area contributed by atoms with E-state index in [4.69, 9.17) is 4.74 Å². The van der Waals surface area contributed by atoms with Crippen molar-refractivity contribution in [3.63, 3.8) is 0 Å². The average molecular weight is 326 g/mol. The van der Waals surface area contributed by atoms with Crippen LogP contribution in [0.1, 0.15) is 13.8 Å². The number of halogens is 2. The molecule has 1 saturated heterocycles. The minimum absolute atomic E-state index is 0.0649. The number of ether oxygens (including phenoxy) is 1. The van der Waals surface area contributed by atoms with Crippen molar-refractivity contribution < 1.29 is 14.3 Å². The van der Waals surface area contributed by atoms with Crippen molar-refractivity contribution >= 4 is 43.6 Å². The lowest BCUT2D eigenvalue weighted by Crippen LogP contribution is -2.31. The first-order valence-electron chi connectivity index (χ1n) is 4.39. The van der Waals surface area contributed by atoms with Gasteiger partial charge in [0.1, 0.15) is 3.74 Å². The van der Waals surface area contributed by atoms with E-state index in [2.05, 4.69) is 31.9 Å². The molecule has 2 fully saturated rings. The molecule has 14 heavy (non-hydrogen) atoms. The van der Waals surface area contributed by atoms with E-state index >= 15 is 0 Å². The van der Waals surface area contributed by atoms with Gasteiger partial charge in [-0.05, 0) is 5.41 Å². The molecule has 2 rings (SSSR count). The lowest BCUT2D eigenvalue weighted by molar-refractivity contribution is -0.152. The van der Waals surface area contributed by atoms with Gasteiger partial charge < -0.3 is 4.74 Å². The van der Waals surface area contributed by atoms with Crippen LogP contribution < -0.4 is 0 Å². The summed E-state index contributed by atoms with van der Waals surface area (Å²) in [6, 6.07) is 0. The van der Waals surface area contributed by atoms with Crippen LogP contribution in [0.15, 0.2) is 0 Å². The molecule has 1 aliphatic carbocycles. The third-order valence-corrected chi connectivity index (χ3v) is 4.13. The molecule has 0 amide bonds. The van der Waals surface area contributed by atoms with Gasteiger partial charge in [0.05, 0.1) is 5.92 Å². The Morgan fingerprint density at radius 1 is 1.50 bits per heavy atom. The van der Waals surface area contributed by atoms with E-state index in [9.17, 15) is 9.59 Å². The quantitative estimate of drug-likeness (QED) is 0.575. The Bertz CT molecular complexity index is 311. The number of alkyl halides is 2. The highest BCUT2D eigenvalue weighted by atomic mass is 79.9. The molecule has 78 valence electrons. The van der Waals surface area contributed by atoms with E-state index in [0.29, 0.717) is 0 Å². The highest BCUT2D eigenvalue weighted by Gasteiger charge is 2.72. The highest BCUT2D eigenvalue weighted by molar-refractivity contribution is 9.25. The normalized spacial score (nSPS) is 38.1. The van der Waals surface area contributed by atoms with Crippen molar-refractivity contribution in [2.24, 2.45) is 17.3 Å². The van der Waals surface area contributed by atoms with Gasteiger partial charge in [-0.2, -0.15) is 0 Å². The SMILES string of the molecule is CC1(C)C2C(=O)OC(C(=O)C(Br)Br)C21. The van der Waals surface area contributed by atoms with Crippen LogP contribution >= 0.6 is 31.9 Å². The van der Waals surface area contributed by atoms with Gasteiger partial charge in [0.25, 0.3) is 0 Å². The fourth-order valence-corrected chi connectivity index (χ4v) is 2.84. The molecule has 2 aliphatic rings. The van der Waals surface area contributed by atoms with Gasteiger partial charge in [0.15, 0.2) is 11.9 Å². The molecule has 0 radical (unpaired) electrons. The molecule has 0 N–H and O–H groups in total. The molecule has 1 aliphatic heterocycles. The number of hydrogen-bond acceptors (Lipinski definition) is 3. The van der Waals surface area contributed by atoms with Gasteiger partial charge in [0, 0.05) is 5.92 Å². The lowest BCUT2D eigenvalue weighted by Gasteiger charge is -2.17. The van der Waals surface area contributed by atoms with Crippen LogP contribution in [-0.4, -0.2) is 21.6 Å². The van der Waals surface area contributed by atoms with Crippen LogP contribution in [0.2, 0.25) is 0 Å². The fraction of sp³-hybridized carbons (Fsp3) is 0.778. The third kappa shape index (κ3) is 1.28. The number of carbonyl (C=O) groups is 2.